The predicted octanol–water partition coefficient (Wildman–Crippen LogP) is 3.59. The summed E-state index contributed by atoms with van der Waals surface area (Å²) in [5, 5.41) is 9.20. The summed E-state index contributed by atoms with van der Waals surface area (Å²) in [7, 11) is 0. The van der Waals surface area contributed by atoms with Crippen LogP contribution in [-0.2, 0) is 14.3 Å². The van der Waals surface area contributed by atoms with Gasteiger partial charge in [-0.1, -0.05) is 60.7 Å². The first-order valence-electron chi connectivity index (χ1n) is 6.82. The van der Waals surface area contributed by atoms with Crippen LogP contribution in [-0.4, -0.2) is 17.0 Å². The fourth-order valence-electron chi connectivity index (χ4n) is 2.13. The van der Waals surface area contributed by atoms with Crippen LogP contribution in [0.3, 0.4) is 0 Å². The van der Waals surface area contributed by atoms with Crippen LogP contribution in [0.5, 0.6) is 0 Å². The second kappa shape index (κ2) is 7.22. The monoisotopic (exact) mass is 296 g/mol. The Hall–Kier alpha value is -2.88. The summed E-state index contributed by atoms with van der Waals surface area (Å²) in [4.78, 5) is 22.7. The number of carbonyl (C=O) groups excluding carboxylic acids is 1. The predicted molar refractivity (Wildman–Crippen MR) is 83.7 cm³/mol. The zero-order chi connectivity index (χ0) is 15.9. The molecule has 0 unspecified atom stereocenters. The summed E-state index contributed by atoms with van der Waals surface area (Å²) in [6, 6.07) is 18.1. The van der Waals surface area contributed by atoms with Crippen molar-refractivity contribution < 1.29 is 19.4 Å². The van der Waals surface area contributed by atoms with Crippen LogP contribution in [0.1, 0.15) is 24.5 Å². The van der Waals surface area contributed by atoms with Crippen molar-refractivity contribution in [1.29, 1.82) is 0 Å². The van der Waals surface area contributed by atoms with Crippen molar-refractivity contribution in [3.63, 3.8) is 0 Å². The Morgan fingerprint density at radius 1 is 0.909 bits per heavy atom. The first-order valence-corrected chi connectivity index (χ1v) is 6.82. The molecule has 1 N–H and O–H groups in total. The van der Waals surface area contributed by atoms with Crippen LogP contribution >= 0.6 is 0 Å². The van der Waals surface area contributed by atoms with E-state index in [4.69, 9.17) is 4.74 Å². The highest BCUT2D eigenvalue weighted by molar-refractivity contribution is 5.97. The molecule has 0 aromatic heterocycles. The Bertz CT molecular complexity index is 626. The van der Waals surface area contributed by atoms with E-state index in [1.807, 2.05) is 36.4 Å². The average molecular weight is 296 g/mol. The normalized spacial score (nSPS) is 11.5. The van der Waals surface area contributed by atoms with E-state index in [1.54, 1.807) is 24.3 Å². The second-order valence-electron chi connectivity index (χ2n) is 4.70. The summed E-state index contributed by atoms with van der Waals surface area (Å²) in [5.74, 6) is -1.20. The minimum Gasteiger partial charge on any atom is -0.481 e. The van der Waals surface area contributed by atoms with Crippen molar-refractivity contribution >= 4 is 23.3 Å². The molecule has 22 heavy (non-hydrogen) atoms. The number of carbonyl (C=O) groups is 2. The van der Waals surface area contributed by atoms with Crippen LogP contribution < -0.4 is 0 Å². The van der Waals surface area contributed by atoms with Crippen molar-refractivity contribution in [2.75, 3.05) is 0 Å². The third kappa shape index (κ3) is 4.06. The van der Waals surface area contributed by atoms with Crippen LogP contribution in [0, 0.1) is 0 Å². The molecule has 2 aromatic rings. The second-order valence-corrected chi connectivity index (χ2v) is 4.70. The van der Waals surface area contributed by atoms with Gasteiger partial charge in [-0.25, -0.2) is 0 Å². The summed E-state index contributed by atoms with van der Waals surface area (Å²) in [6.45, 7) is 1.30. The zero-order valence-corrected chi connectivity index (χ0v) is 12.2. The van der Waals surface area contributed by atoms with Crippen molar-refractivity contribution in [2.45, 2.75) is 13.3 Å². The molecule has 0 radical (unpaired) electrons. The van der Waals surface area contributed by atoms with Gasteiger partial charge in [0.2, 0.25) is 0 Å². The van der Waals surface area contributed by atoms with Gasteiger partial charge >= 0.3 is 11.9 Å². The minimum absolute atomic E-state index is 0.235. The van der Waals surface area contributed by atoms with Crippen molar-refractivity contribution in [3.05, 3.63) is 71.8 Å². The molecule has 0 aliphatic carbocycles. The number of aliphatic carboxylic acids is 1. The smallest absolute Gasteiger partial charge is 0.308 e. The Morgan fingerprint density at radius 2 is 1.41 bits per heavy atom. The molecular formula is C18H16O4. The number of benzene rings is 2. The molecule has 0 aliphatic heterocycles. The molecule has 112 valence electrons. The van der Waals surface area contributed by atoms with E-state index < -0.39 is 11.9 Å². The van der Waals surface area contributed by atoms with Gasteiger partial charge in [0.1, 0.15) is 5.76 Å². The van der Waals surface area contributed by atoms with Crippen LogP contribution in [0.25, 0.3) is 11.3 Å². The number of rotatable bonds is 5. The van der Waals surface area contributed by atoms with Gasteiger partial charge in [0.05, 0.1) is 6.42 Å². The molecule has 4 heteroatoms. The molecule has 0 saturated heterocycles. The summed E-state index contributed by atoms with van der Waals surface area (Å²) in [6.07, 6.45) is -0.235. The molecular weight excluding hydrogens is 280 g/mol. The van der Waals surface area contributed by atoms with Crippen molar-refractivity contribution in [3.8, 4) is 0 Å². The van der Waals surface area contributed by atoms with Gasteiger partial charge in [-0.3, -0.25) is 9.59 Å². The SMILES string of the molecule is CC(=O)O/C(=C(/CC(=O)O)c1ccccc1)c1ccccc1. The Kier molecular flexibility index (Phi) is 5.09. The van der Waals surface area contributed by atoms with Gasteiger partial charge in [0.25, 0.3) is 0 Å². The van der Waals surface area contributed by atoms with Crippen LogP contribution in [0.4, 0.5) is 0 Å². The molecule has 0 heterocycles. The summed E-state index contributed by atoms with van der Waals surface area (Å²) in [5.41, 5.74) is 1.84. The van der Waals surface area contributed by atoms with Gasteiger partial charge in [-0.15, -0.1) is 0 Å². The third-order valence-corrected chi connectivity index (χ3v) is 3.01. The highest BCUT2D eigenvalue weighted by Crippen LogP contribution is 2.30. The largest absolute Gasteiger partial charge is 0.481 e. The quantitative estimate of drug-likeness (QED) is 0.520. The zero-order valence-electron chi connectivity index (χ0n) is 12.2. The highest BCUT2D eigenvalue weighted by atomic mass is 16.5. The Balaban J connectivity index is 2.64. The lowest BCUT2D eigenvalue weighted by atomic mass is 9.98. The van der Waals surface area contributed by atoms with E-state index in [9.17, 15) is 14.7 Å². The molecule has 0 saturated carbocycles. The minimum atomic E-state index is -0.987. The summed E-state index contributed by atoms with van der Waals surface area (Å²) >= 11 is 0. The maximum absolute atomic E-state index is 11.4. The van der Waals surface area contributed by atoms with Gasteiger partial charge in [-0.2, -0.15) is 0 Å². The number of carboxylic acid groups (broad SMARTS) is 1. The molecule has 4 nitrogen and oxygen atoms in total. The van der Waals surface area contributed by atoms with E-state index >= 15 is 0 Å². The number of hydrogen-bond acceptors (Lipinski definition) is 3. The van der Waals surface area contributed by atoms with Gasteiger partial charge in [0.15, 0.2) is 0 Å². The van der Waals surface area contributed by atoms with Crippen LogP contribution in [0.15, 0.2) is 60.7 Å². The first kappa shape index (κ1) is 15.5. The van der Waals surface area contributed by atoms with E-state index in [2.05, 4.69) is 0 Å². The average Bonchev–Trinajstić information content (AvgIpc) is 2.52. The van der Waals surface area contributed by atoms with E-state index in [0.717, 1.165) is 0 Å². The van der Waals surface area contributed by atoms with E-state index in [0.29, 0.717) is 16.7 Å². The van der Waals surface area contributed by atoms with Crippen molar-refractivity contribution in [2.24, 2.45) is 0 Å². The lowest BCUT2D eigenvalue weighted by molar-refractivity contribution is -0.136. The van der Waals surface area contributed by atoms with Gasteiger partial charge < -0.3 is 9.84 Å². The Labute approximate surface area is 128 Å². The molecule has 0 spiro atoms. The number of esters is 1. The maximum atomic E-state index is 11.4. The fourth-order valence-corrected chi connectivity index (χ4v) is 2.13. The van der Waals surface area contributed by atoms with Gasteiger partial charge in [0, 0.05) is 18.1 Å². The first-order chi connectivity index (χ1) is 10.6. The molecule has 0 bridgehead atoms. The molecule has 0 atom stereocenters. The van der Waals surface area contributed by atoms with Crippen LogP contribution in [0.2, 0.25) is 0 Å². The molecule has 2 rings (SSSR count). The third-order valence-electron chi connectivity index (χ3n) is 3.01. The van der Waals surface area contributed by atoms with Gasteiger partial charge in [-0.05, 0) is 5.56 Å². The lowest BCUT2D eigenvalue weighted by Gasteiger charge is -2.14. The molecule has 0 fully saturated rings. The standard InChI is InChI=1S/C18H16O4/c1-13(19)22-18(15-10-6-3-7-11-15)16(12-17(20)21)14-8-4-2-5-9-14/h2-11H,12H2,1H3,(H,20,21)/b18-16-. The Morgan fingerprint density at radius 3 is 1.86 bits per heavy atom. The lowest BCUT2D eigenvalue weighted by Crippen LogP contribution is -2.05. The summed E-state index contributed by atoms with van der Waals surface area (Å²) < 4.78 is 5.33. The van der Waals surface area contributed by atoms with E-state index in [1.165, 1.54) is 6.92 Å². The number of carboxylic acids is 1. The van der Waals surface area contributed by atoms with Crippen molar-refractivity contribution in [1.82, 2.24) is 0 Å². The topological polar surface area (TPSA) is 63.6 Å². The fraction of sp³-hybridized carbons (Fsp3) is 0.111. The molecule has 0 aliphatic rings. The maximum Gasteiger partial charge on any atom is 0.308 e. The molecule has 2 aromatic carbocycles. The van der Waals surface area contributed by atoms with E-state index in [-0.39, 0.29) is 12.2 Å². The highest BCUT2D eigenvalue weighted by Gasteiger charge is 2.17. The number of hydrogen-bond donors (Lipinski definition) is 1. The molecule has 0 amide bonds. The number of ether oxygens (including phenoxy) is 1.